The molecule has 1 unspecified atom stereocenters. The second kappa shape index (κ2) is 4.94. The number of hydrogen-bond acceptors (Lipinski definition) is 3. The molecule has 0 spiro atoms. The predicted octanol–water partition coefficient (Wildman–Crippen LogP) is 2.53. The first-order valence-corrected chi connectivity index (χ1v) is 6.54. The fourth-order valence-electron chi connectivity index (χ4n) is 2.41. The topological polar surface area (TPSA) is 62.6 Å². The Hall–Kier alpha value is -2.70. The van der Waals surface area contributed by atoms with Crippen molar-refractivity contribution in [3.63, 3.8) is 0 Å². The number of furan rings is 1. The minimum absolute atomic E-state index is 0.0767. The van der Waals surface area contributed by atoms with Crippen LogP contribution in [-0.2, 0) is 16.9 Å². The normalized spacial score (nSPS) is 21.3. The van der Waals surface area contributed by atoms with Gasteiger partial charge in [-0.25, -0.2) is 13.6 Å². The Morgan fingerprint density at radius 2 is 2.00 bits per heavy atom. The van der Waals surface area contributed by atoms with Gasteiger partial charge in [-0.1, -0.05) is 12.1 Å². The number of rotatable bonds is 3. The van der Waals surface area contributed by atoms with E-state index in [1.165, 1.54) is 25.3 Å². The van der Waals surface area contributed by atoms with Gasteiger partial charge in [0.1, 0.15) is 5.76 Å². The van der Waals surface area contributed by atoms with Gasteiger partial charge in [-0.05, 0) is 25.1 Å². The fourth-order valence-corrected chi connectivity index (χ4v) is 2.41. The number of amides is 3. The number of imide groups is 1. The highest BCUT2D eigenvalue weighted by Gasteiger charge is 2.51. The molecule has 0 aliphatic carbocycles. The highest BCUT2D eigenvalue weighted by atomic mass is 19.2. The molecule has 5 nitrogen and oxygen atoms in total. The van der Waals surface area contributed by atoms with Crippen LogP contribution in [0.25, 0.3) is 0 Å². The fraction of sp³-hybridized carbons (Fsp3) is 0.200. The van der Waals surface area contributed by atoms with E-state index in [4.69, 9.17) is 4.42 Å². The molecule has 2 heterocycles. The highest BCUT2D eigenvalue weighted by molar-refractivity contribution is 6.06. The average Bonchev–Trinajstić information content (AvgIpc) is 3.08. The molecular weight excluding hydrogens is 294 g/mol. The summed E-state index contributed by atoms with van der Waals surface area (Å²) in [5.41, 5.74) is -1.43. The Morgan fingerprint density at radius 1 is 1.23 bits per heavy atom. The van der Waals surface area contributed by atoms with E-state index >= 15 is 0 Å². The first-order chi connectivity index (χ1) is 10.4. The summed E-state index contributed by atoms with van der Waals surface area (Å²) >= 11 is 0. The van der Waals surface area contributed by atoms with Crippen LogP contribution >= 0.6 is 0 Å². The van der Waals surface area contributed by atoms with Crippen molar-refractivity contribution in [3.8, 4) is 0 Å². The van der Waals surface area contributed by atoms with Crippen LogP contribution in [0.5, 0.6) is 0 Å². The van der Waals surface area contributed by atoms with Crippen LogP contribution in [0, 0.1) is 11.6 Å². The van der Waals surface area contributed by atoms with Crippen molar-refractivity contribution in [2.24, 2.45) is 0 Å². The van der Waals surface area contributed by atoms with E-state index in [2.05, 4.69) is 5.32 Å². The van der Waals surface area contributed by atoms with E-state index in [0.29, 0.717) is 0 Å². The largest absolute Gasteiger partial charge is 0.466 e. The Balaban J connectivity index is 1.91. The Bertz CT molecular complexity index is 745. The molecule has 1 fully saturated rings. The molecule has 3 rings (SSSR count). The number of hydrogen-bond donors (Lipinski definition) is 1. The lowest BCUT2D eigenvalue weighted by atomic mass is 9.99. The van der Waals surface area contributed by atoms with Crippen LogP contribution in [0.2, 0.25) is 0 Å². The maximum Gasteiger partial charge on any atom is 0.325 e. The lowest BCUT2D eigenvalue weighted by molar-refractivity contribution is -0.132. The summed E-state index contributed by atoms with van der Waals surface area (Å²) in [6.07, 6.45) is 1.38. The van der Waals surface area contributed by atoms with Crippen LogP contribution in [0.1, 0.15) is 18.2 Å². The third-order valence-electron chi connectivity index (χ3n) is 3.65. The Morgan fingerprint density at radius 3 is 2.68 bits per heavy atom. The van der Waals surface area contributed by atoms with Gasteiger partial charge in [-0.3, -0.25) is 9.69 Å². The SMILES string of the molecule is CC1(c2ccco2)NC(=O)N(Cc2cccc(F)c2F)C1=O. The molecule has 1 saturated heterocycles. The summed E-state index contributed by atoms with van der Waals surface area (Å²) < 4.78 is 32.1. The standard InChI is InChI=1S/C15H12F2N2O3/c1-15(11-6-3-7-22-11)13(20)19(14(21)18-15)8-9-4-2-5-10(16)12(9)17/h2-7H,8H2,1H3,(H,18,21). The van der Waals surface area contributed by atoms with Gasteiger partial charge in [0.15, 0.2) is 17.2 Å². The Labute approximate surface area is 124 Å². The van der Waals surface area contributed by atoms with E-state index in [0.717, 1.165) is 11.0 Å². The number of urea groups is 1. The molecule has 1 aromatic carbocycles. The number of benzene rings is 1. The van der Waals surface area contributed by atoms with Crippen molar-refractivity contribution in [2.75, 3.05) is 0 Å². The second-order valence-corrected chi connectivity index (χ2v) is 5.14. The summed E-state index contributed by atoms with van der Waals surface area (Å²) in [5.74, 6) is -2.42. The molecule has 7 heteroatoms. The molecule has 0 saturated carbocycles. The summed E-state index contributed by atoms with van der Waals surface area (Å²) in [6, 6.07) is 6.07. The van der Waals surface area contributed by atoms with E-state index in [-0.39, 0.29) is 17.9 Å². The molecule has 1 atom stereocenters. The molecule has 22 heavy (non-hydrogen) atoms. The first kappa shape index (κ1) is 14.2. The van der Waals surface area contributed by atoms with Crippen LogP contribution in [-0.4, -0.2) is 16.8 Å². The zero-order valence-electron chi connectivity index (χ0n) is 11.6. The van der Waals surface area contributed by atoms with Crippen molar-refractivity contribution >= 4 is 11.9 Å². The summed E-state index contributed by atoms with van der Waals surface area (Å²) in [4.78, 5) is 25.4. The van der Waals surface area contributed by atoms with Crippen molar-refractivity contribution in [1.29, 1.82) is 0 Å². The lowest BCUT2D eigenvalue weighted by Crippen LogP contribution is -2.40. The lowest BCUT2D eigenvalue weighted by Gasteiger charge is -2.19. The van der Waals surface area contributed by atoms with Gasteiger partial charge in [0.25, 0.3) is 5.91 Å². The van der Waals surface area contributed by atoms with E-state index < -0.39 is 29.1 Å². The van der Waals surface area contributed by atoms with E-state index in [9.17, 15) is 18.4 Å². The molecule has 0 bridgehead atoms. The zero-order valence-corrected chi connectivity index (χ0v) is 11.6. The molecule has 1 N–H and O–H groups in total. The third kappa shape index (κ3) is 2.05. The molecule has 114 valence electrons. The number of nitrogens with zero attached hydrogens (tertiary/aromatic N) is 1. The van der Waals surface area contributed by atoms with Crippen LogP contribution in [0.15, 0.2) is 41.0 Å². The average molecular weight is 306 g/mol. The van der Waals surface area contributed by atoms with Gasteiger partial charge in [-0.2, -0.15) is 0 Å². The molecule has 3 amide bonds. The van der Waals surface area contributed by atoms with Gasteiger partial charge >= 0.3 is 6.03 Å². The maximum absolute atomic E-state index is 13.7. The summed E-state index contributed by atoms with van der Waals surface area (Å²) in [6.45, 7) is 1.14. The second-order valence-electron chi connectivity index (χ2n) is 5.14. The predicted molar refractivity (Wildman–Crippen MR) is 71.5 cm³/mol. The van der Waals surface area contributed by atoms with Crippen molar-refractivity contribution in [3.05, 3.63) is 59.6 Å². The highest BCUT2D eigenvalue weighted by Crippen LogP contribution is 2.30. The summed E-state index contributed by atoms with van der Waals surface area (Å²) in [5, 5.41) is 2.51. The smallest absolute Gasteiger partial charge is 0.325 e. The van der Waals surface area contributed by atoms with Crippen molar-refractivity contribution in [2.45, 2.75) is 19.0 Å². The number of nitrogens with one attached hydrogen (secondary N) is 1. The van der Waals surface area contributed by atoms with Crippen LogP contribution < -0.4 is 5.32 Å². The Kier molecular flexibility index (Phi) is 3.20. The van der Waals surface area contributed by atoms with Gasteiger partial charge < -0.3 is 9.73 Å². The van der Waals surface area contributed by atoms with Gasteiger partial charge in [-0.15, -0.1) is 0 Å². The van der Waals surface area contributed by atoms with Gasteiger partial charge in [0, 0.05) is 5.56 Å². The molecule has 1 aliphatic heterocycles. The third-order valence-corrected chi connectivity index (χ3v) is 3.65. The first-order valence-electron chi connectivity index (χ1n) is 6.54. The van der Waals surface area contributed by atoms with Gasteiger partial charge in [0.2, 0.25) is 0 Å². The number of halogens is 2. The van der Waals surface area contributed by atoms with Crippen LogP contribution in [0.4, 0.5) is 13.6 Å². The minimum atomic E-state index is -1.36. The molecule has 1 aromatic heterocycles. The number of carbonyl (C=O) groups is 2. The van der Waals surface area contributed by atoms with Crippen molar-refractivity contribution in [1.82, 2.24) is 10.2 Å². The summed E-state index contributed by atoms with van der Waals surface area (Å²) in [7, 11) is 0. The maximum atomic E-state index is 13.7. The molecule has 0 radical (unpaired) electrons. The van der Waals surface area contributed by atoms with Crippen LogP contribution in [0.3, 0.4) is 0 Å². The molecule has 1 aliphatic rings. The van der Waals surface area contributed by atoms with E-state index in [1.54, 1.807) is 12.1 Å². The van der Waals surface area contributed by atoms with Crippen molar-refractivity contribution < 1.29 is 22.8 Å². The van der Waals surface area contributed by atoms with E-state index in [1.807, 2.05) is 0 Å². The molecular formula is C15H12F2N2O3. The number of carbonyl (C=O) groups excluding carboxylic acids is 2. The monoisotopic (exact) mass is 306 g/mol. The zero-order chi connectivity index (χ0) is 15.9. The minimum Gasteiger partial charge on any atom is -0.466 e. The van der Waals surface area contributed by atoms with Gasteiger partial charge in [0.05, 0.1) is 12.8 Å². The molecule has 2 aromatic rings. The quantitative estimate of drug-likeness (QED) is 0.886.